The molecule has 1 aromatic carbocycles. The Morgan fingerprint density at radius 1 is 1.00 bits per heavy atom. The summed E-state index contributed by atoms with van der Waals surface area (Å²) in [6, 6.07) is 6.20. The number of benzene rings is 1. The summed E-state index contributed by atoms with van der Waals surface area (Å²) in [6.07, 6.45) is 2.01. The SMILES string of the molecule is CCCCCc1ccc(C(F)=C(F)F)cc1. The number of halogens is 3. The number of hydrogen-bond acceptors (Lipinski definition) is 0. The molecule has 0 nitrogen and oxygen atoms in total. The van der Waals surface area contributed by atoms with Crippen LogP contribution in [-0.4, -0.2) is 0 Å². The minimum absolute atomic E-state index is 0.0563. The van der Waals surface area contributed by atoms with Crippen molar-refractivity contribution in [1.82, 2.24) is 0 Å². The molecule has 3 heteroatoms. The first kappa shape index (κ1) is 12.8. The fraction of sp³-hybridized carbons (Fsp3) is 0.385. The van der Waals surface area contributed by atoms with Gasteiger partial charge in [0.25, 0.3) is 0 Å². The highest BCUT2D eigenvalue weighted by molar-refractivity contribution is 5.59. The zero-order chi connectivity index (χ0) is 12.0. The second-order valence-corrected chi connectivity index (χ2v) is 3.73. The van der Waals surface area contributed by atoms with Gasteiger partial charge in [0.15, 0.2) is 5.83 Å². The predicted octanol–water partition coefficient (Wildman–Crippen LogP) is 4.95. The van der Waals surface area contributed by atoms with Gasteiger partial charge in [-0.2, -0.15) is 8.78 Å². The van der Waals surface area contributed by atoms with E-state index in [1.165, 1.54) is 12.1 Å². The molecule has 0 N–H and O–H groups in total. The molecular weight excluding hydrogens is 213 g/mol. The van der Waals surface area contributed by atoms with Crippen molar-refractivity contribution in [3.05, 3.63) is 41.5 Å². The lowest BCUT2D eigenvalue weighted by atomic mass is 10.1. The van der Waals surface area contributed by atoms with Gasteiger partial charge in [-0.3, -0.25) is 0 Å². The van der Waals surface area contributed by atoms with Crippen LogP contribution in [0.3, 0.4) is 0 Å². The Balaban J connectivity index is 2.65. The quantitative estimate of drug-likeness (QED) is 0.625. The molecule has 1 aromatic rings. The summed E-state index contributed by atoms with van der Waals surface area (Å²) in [6.45, 7) is 2.12. The maximum Gasteiger partial charge on any atom is 0.306 e. The van der Waals surface area contributed by atoms with E-state index in [2.05, 4.69) is 6.92 Å². The maximum absolute atomic E-state index is 12.8. The first-order chi connectivity index (χ1) is 7.65. The maximum atomic E-state index is 12.8. The van der Waals surface area contributed by atoms with Gasteiger partial charge in [0.1, 0.15) is 0 Å². The lowest BCUT2D eigenvalue weighted by Crippen LogP contribution is -1.86. The van der Waals surface area contributed by atoms with Crippen LogP contribution in [0.4, 0.5) is 13.2 Å². The largest absolute Gasteiger partial charge is 0.306 e. The van der Waals surface area contributed by atoms with Crippen LogP contribution >= 0.6 is 0 Å². The van der Waals surface area contributed by atoms with Crippen LogP contribution in [0.5, 0.6) is 0 Å². The van der Waals surface area contributed by atoms with E-state index in [1.807, 2.05) is 0 Å². The van der Waals surface area contributed by atoms with Gasteiger partial charge in [0.05, 0.1) is 0 Å². The fourth-order valence-corrected chi connectivity index (χ4v) is 1.51. The molecule has 0 spiro atoms. The highest BCUT2D eigenvalue weighted by atomic mass is 19.3. The van der Waals surface area contributed by atoms with E-state index < -0.39 is 11.9 Å². The van der Waals surface area contributed by atoms with Gasteiger partial charge in [-0.1, -0.05) is 44.0 Å². The monoisotopic (exact) mass is 228 g/mol. The van der Waals surface area contributed by atoms with E-state index in [4.69, 9.17) is 0 Å². The van der Waals surface area contributed by atoms with Crippen molar-refractivity contribution in [2.45, 2.75) is 32.6 Å². The first-order valence-corrected chi connectivity index (χ1v) is 5.45. The summed E-state index contributed by atoms with van der Waals surface area (Å²) in [5, 5.41) is 0. The van der Waals surface area contributed by atoms with Crippen LogP contribution in [0, 0.1) is 0 Å². The highest BCUT2D eigenvalue weighted by Gasteiger charge is 2.07. The average molecular weight is 228 g/mol. The van der Waals surface area contributed by atoms with E-state index in [0.29, 0.717) is 0 Å². The molecule has 16 heavy (non-hydrogen) atoms. The second-order valence-electron chi connectivity index (χ2n) is 3.73. The molecular formula is C13H15F3. The molecule has 0 saturated carbocycles. The lowest BCUT2D eigenvalue weighted by molar-refractivity contribution is 0.410. The molecule has 0 heterocycles. The Morgan fingerprint density at radius 2 is 1.62 bits per heavy atom. The zero-order valence-electron chi connectivity index (χ0n) is 9.27. The average Bonchev–Trinajstić information content (AvgIpc) is 2.29. The summed E-state index contributed by atoms with van der Waals surface area (Å²) in [5.41, 5.74) is 1.00. The normalized spacial score (nSPS) is 10.2. The Hall–Kier alpha value is -1.25. The molecule has 0 fully saturated rings. The van der Waals surface area contributed by atoms with E-state index in [-0.39, 0.29) is 5.56 Å². The Labute approximate surface area is 93.8 Å². The Bertz CT molecular complexity index is 348. The molecule has 0 amide bonds. The minimum atomic E-state index is -2.27. The molecule has 0 aliphatic carbocycles. The Morgan fingerprint density at radius 3 is 2.12 bits per heavy atom. The van der Waals surface area contributed by atoms with Gasteiger partial charge in [-0.05, 0) is 18.4 Å². The van der Waals surface area contributed by atoms with Crippen LogP contribution in [0.15, 0.2) is 30.3 Å². The number of rotatable bonds is 5. The molecule has 0 aromatic heterocycles. The van der Waals surface area contributed by atoms with E-state index in [0.717, 1.165) is 31.2 Å². The predicted molar refractivity (Wildman–Crippen MR) is 59.9 cm³/mol. The molecule has 0 bridgehead atoms. The topological polar surface area (TPSA) is 0 Å². The third kappa shape index (κ3) is 3.72. The van der Waals surface area contributed by atoms with Gasteiger partial charge < -0.3 is 0 Å². The molecule has 0 unspecified atom stereocenters. The molecule has 0 saturated heterocycles. The van der Waals surface area contributed by atoms with Gasteiger partial charge in [0, 0.05) is 5.56 Å². The summed E-state index contributed by atoms with van der Waals surface area (Å²) in [7, 11) is 0. The number of hydrogen-bond donors (Lipinski definition) is 0. The first-order valence-electron chi connectivity index (χ1n) is 5.45. The Kier molecular flexibility index (Phi) is 5.09. The standard InChI is InChI=1S/C13H15F3/c1-2-3-4-5-10-6-8-11(9-7-10)12(14)13(15)16/h6-9H,2-5H2,1H3. The van der Waals surface area contributed by atoms with Gasteiger partial charge in [-0.25, -0.2) is 4.39 Å². The van der Waals surface area contributed by atoms with Crippen molar-refractivity contribution in [1.29, 1.82) is 0 Å². The van der Waals surface area contributed by atoms with Crippen LogP contribution < -0.4 is 0 Å². The lowest BCUT2D eigenvalue weighted by Gasteiger charge is -2.02. The van der Waals surface area contributed by atoms with E-state index >= 15 is 0 Å². The van der Waals surface area contributed by atoms with Crippen molar-refractivity contribution in [3.63, 3.8) is 0 Å². The third-order valence-electron chi connectivity index (χ3n) is 2.44. The molecule has 0 atom stereocenters. The highest BCUT2D eigenvalue weighted by Crippen LogP contribution is 2.22. The van der Waals surface area contributed by atoms with Crippen molar-refractivity contribution < 1.29 is 13.2 Å². The van der Waals surface area contributed by atoms with Crippen LogP contribution in [0.1, 0.15) is 37.3 Å². The molecule has 1 rings (SSSR count). The van der Waals surface area contributed by atoms with E-state index in [9.17, 15) is 13.2 Å². The second kappa shape index (κ2) is 6.36. The molecule has 0 aliphatic heterocycles. The number of aryl methyl sites for hydroxylation is 1. The van der Waals surface area contributed by atoms with E-state index in [1.54, 1.807) is 12.1 Å². The molecule has 0 radical (unpaired) electrons. The van der Waals surface area contributed by atoms with Gasteiger partial charge in [0.2, 0.25) is 0 Å². The van der Waals surface area contributed by atoms with Crippen LogP contribution in [0.2, 0.25) is 0 Å². The van der Waals surface area contributed by atoms with Crippen molar-refractivity contribution in [2.75, 3.05) is 0 Å². The molecule has 88 valence electrons. The smallest absolute Gasteiger partial charge is 0.200 e. The summed E-state index contributed by atoms with van der Waals surface area (Å²) >= 11 is 0. The molecule has 0 aliphatic rings. The minimum Gasteiger partial charge on any atom is -0.200 e. The number of unbranched alkanes of at least 4 members (excludes halogenated alkanes) is 2. The summed E-state index contributed by atoms with van der Waals surface area (Å²) in [4.78, 5) is 0. The van der Waals surface area contributed by atoms with Crippen molar-refractivity contribution in [2.24, 2.45) is 0 Å². The van der Waals surface area contributed by atoms with Crippen LogP contribution in [0.25, 0.3) is 5.83 Å². The van der Waals surface area contributed by atoms with Crippen molar-refractivity contribution >= 4 is 5.83 Å². The summed E-state index contributed by atoms with van der Waals surface area (Å²) < 4.78 is 36.8. The van der Waals surface area contributed by atoms with Crippen molar-refractivity contribution in [3.8, 4) is 0 Å². The van der Waals surface area contributed by atoms with Gasteiger partial charge >= 0.3 is 6.08 Å². The third-order valence-corrected chi connectivity index (χ3v) is 2.44. The summed E-state index contributed by atoms with van der Waals surface area (Å²) in [5.74, 6) is -1.43. The van der Waals surface area contributed by atoms with Gasteiger partial charge in [-0.15, -0.1) is 0 Å². The fourth-order valence-electron chi connectivity index (χ4n) is 1.51. The van der Waals surface area contributed by atoms with Crippen LogP contribution in [-0.2, 0) is 6.42 Å². The zero-order valence-corrected chi connectivity index (χ0v) is 9.27.